The van der Waals surface area contributed by atoms with E-state index in [1.165, 1.54) is 24.3 Å². The molecule has 7 heteroatoms. The van der Waals surface area contributed by atoms with E-state index in [2.05, 4.69) is 15.5 Å². The standard InChI is InChI=1S/C19H18FN3O3/c20-15-6-8-16(9-7-15)25-13-12-21-17(24)10-11-18-22-19(23-26-18)14-4-2-1-3-5-14/h1-9H,10-13H2,(H,21,24). The normalized spacial score (nSPS) is 10.5. The van der Waals surface area contributed by atoms with Gasteiger partial charge in [0.05, 0.1) is 6.54 Å². The topological polar surface area (TPSA) is 77.2 Å². The predicted molar refractivity (Wildman–Crippen MR) is 93.0 cm³/mol. The van der Waals surface area contributed by atoms with Crippen LogP contribution in [0, 0.1) is 5.82 Å². The zero-order chi connectivity index (χ0) is 18.2. The number of aryl methyl sites for hydroxylation is 1. The molecule has 0 fully saturated rings. The van der Waals surface area contributed by atoms with Crippen molar-refractivity contribution in [3.8, 4) is 17.1 Å². The van der Waals surface area contributed by atoms with Crippen LogP contribution in [-0.4, -0.2) is 29.2 Å². The number of nitrogens with one attached hydrogen (secondary N) is 1. The molecule has 0 bridgehead atoms. The van der Waals surface area contributed by atoms with Gasteiger partial charge in [0.1, 0.15) is 18.2 Å². The molecule has 134 valence electrons. The van der Waals surface area contributed by atoms with Gasteiger partial charge in [0.2, 0.25) is 17.6 Å². The summed E-state index contributed by atoms with van der Waals surface area (Å²) in [5, 5.41) is 6.66. The summed E-state index contributed by atoms with van der Waals surface area (Å²) in [6.45, 7) is 0.658. The second-order valence-corrected chi connectivity index (χ2v) is 5.53. The molecule has 0 saturated heterocycles. The van der Waals surface area contributed by atoms with Gasteiger partial charge in [0, 0.05) is 18.4 Å². The minimum atomic E-state index is -0.318. The van der Waals surface area contributed by atoms with Gasteiger partial charge in [-0.1, -0.05) is 35.5 Å². The lowest BCUT2D eigenvalue weighted by atomic mass is 10.2. The molecule has 0 radical (unpaired) electrons. The van der Waals surface area contributed by atoms with E-state index in [4.69, 9.17) is 9.26 Å². The van der Waals surface area contributed by atoms with Gasteiger partial charge in [-0.15, -0.1) is 0 Å². The summed E-state index contributed by atoms with van der Waals surface area (Å²) in [6.07, 6.45) is 0.609. The predicted octanol–water partition coefficient (Wildman–Crippen LogP) is 3.00. The molecule has 0 spiro atoms. The zero-order valence-electron chi connectivity index (χ0n) is 14.0. The molecule has 0 atom stereocenters. The number of rotatable bonds is 8. The van der Waals surface area contributed by atoms with Crippen molar-refractivity contribution in [2.75, 3.05) is 13.2 Å². The Morgan fingerprint density at radius 2 is 1.88 bits per heavy atom. The van der Waals surface area contributed by atoms with Crippen molar-refractivity contribution in [2.24, 2.45) is 0 Å². The SMILES string of the molecule is O=C(CCc1nc(-c2ccccc2)no1)NCCOc1ccc(F)cc1. The lowest BCUT2D eigenvalue weighted by Crippen LogP contribution is -2.28. The van der Waals surface area contributed by atoms with Gasteiger partial charge in [0.15, 0.2) is 0 Å². The first-order valence-electron chi connectivity index (χ1n) is 8.24. The van der Waals surface area contributed by atoms with E-state index < -0.39 is 0 Å². The fraction of sp³-hybridized carbons (Fsp3) is 0.211. The number of benzene rings is 2. The van der Waals surface area contributed by atoms with Gasteiger partial charge in [-0.3, -0.25) is 4.79 Å². The van der Waals surface area contributed by atoms with Gasteiger partial charge in [0.25, 0.3) is 0 Å². The Morgan fingerprint density at radius 3 is 2.65 bits per heavy atom. The van der Waals surface area contributed by atoms with Crippen molar-refractivity contribution in [3.05, 3.63) is 66.3 Å². The molecular formula is C19H18FN3O3. The van der Waals surface area contributed by atoms with E-state index in [0.29, 0.717) is 37.0 Å². The molecule has 0 saturated carbocycles. The lowest BCUT2D eigenvalue weighted by Gasteiger charge is -2.07. The molecule has 0 aliphatic heterocycles. The number of carbonyl (C=O) groups excluding carboxylic acids is 1. The lowest BCUT2D eigenvalue weighted by molar-refractivity contribution is -0.121. The second-order valence-electron chi connectivity index (χ2n) is 5.53. The largest absolute Gasteiger partial charge is 0.492 e. The molecule has 26 heavy (non-hydrogen) atoms. The second kappa shape index (κ2) is 8.75. The molecule has 1 amide bonds. The molecule has 0 aliphatic carbocycles. The van der Waals surface area contributed by atoms with Crippen LogP contribution in [0.1, 0.15) is 12.3 Å². The Balaban J connectivity index is 1.36. The highest BCUT2D eigenvalue weighted by atomic mass is 19.1. The number of aromatic nitrogens is 2. The number of halogens is 1. The van der Waals surface area contributed by atoms with Crippen LogP contribution in [0.15, 0.2) is 59.1 Å². The summed E-state index contributed by atoms with van der Waals surface area (Å²) in [5.41, 5.74) is 0.866. The summed E-state index contributed by atoms with van der Waals surface area (Å²) in [5.74, 6) is 1.03. The number of carbonyl (C=O) groups is 1. The van der Waals surface area contributed by atoms with E-state index in [9.17, 15) is 9.18 Å². The van der Waals surface area contributed by atoms with Crippen molar-refractivity contribution in [1.29, 1.82) is 0 Å². The first kappa shape index (κ1) is 17.6. The van der Waals surface area contributed by atoms with Crippen molar-refractivity contribution in [3.63, 3.8) is 0 Å². The summed E-state index contributed by atoms with van der Waals surface area (Å²) in [7, 11) is 0. The quantitative estimate of drug-likeness (QED) is 0.629. The minimum absolute atomic E-state index is 0.132. The molecule has 6 nitrogen and oxygen atoms in total. The maximum atomic E-state index is 12.8. The van der Waals surface area contributed by atoms with Crippen molar-refractivity contribution < 1.29 is 18.4 Å². The average molecular weight is 355 g/mol. The Hall–Kier alpha value is -3.22. The maximum Gasteiger partial charge on any atom is 0.227 e. The summed E-state index contributed by atoms with van der Waals surface area (Å²) in [6, 6.07) is 15.2. The van der Waals surface area contributed by atoms with Gasteiger partial charge in [-0.05, 0) is 24.3 Å². The third kappa shape index (κ3) is 5.14. The van der Waals surface area contributed by atoms with Crippen molar-refractivity contribution >= 4 is 5.91 Å². The van der Waals surface area contributed by atoms with Crippen LogP contribution in [0.2, 0.25) is 0 Å². The molecule has 0 unspecified atom stereocenters. The third-order valence-electron chi connectivity index (χ3n) is 3.57. The molecular weight excluding hydrogens is 337 g/mol. The number of hydrogen-bond donors (Lipinski definition) is 1. The van der Waals surface area contributed by atoms with Gasteiger partial charge in [-0.25, -0.2) is 4.39 Å². The van der Waals surface area contributed by atoms with E-state index in [1.807, 2.05) is 30.3 Å². The average Bonchev–Trinajstić information content (AvgIpc) is 3.15. The summed E-state index contributed by atoms with van der Waals surface area (Å²) < 4.78 is 23.3. The van der Waals surface area contributed by atoms with Gasteiger partial charge in [-0.2, -0.15) is 4.98 Å². The van der Waals surface area contributed by atoms with E-state index >= 15 is 0 Å². The smallest absolute Gasteiger partial charge is 0.227 e. The van der Waals surface area contributed by atoms with Crippen molar-refractivity contribution in [2.45, 2.75) is 12.8 Å². The number of ether oxygens (including phenoxy) is 1. The zero-order valence-corrected chi connectivity index (χ0v) is 14.0. The van der Waals surface area contributed by atoms with Crippen LogP contribution >= 0.6 is 0 Å². The van der Waals surface area contributed by atoms with Gasteiger partial charge < -0.3 is 14.6 Å². The van der Waals surface area contributed by atoms with Crippen molar-refractivity contribution in [1.82, 2.24) is 15.5 Å². The minimum Gasteiger partial charge on any atom is -0.492 e. The monoisotopic (exact) mass is 355 g/mol. The number of nitrogens with zero attached hydrogens (tertiary/aromatic N) is 2. The highest BCUT2D eigenvalue weighted by molar-refractivity contribution is 5.76. The Kier molecular flexibility index (Phi) is 5.92. The number of hydrogen-bond acceptors (Lipinski definition) is 5. The molecule has 1 N–H and O–H groups in total. The van der Waals surface area contributed by atoms with Crippen LogP contribution in [0.5, 0.6) is 5.75 Å². The van der Waals surface area contributed by atoms with Crippen LogP contribution in [0.4, 0.5) is 4.39 Å². The highest BCUT2D eigenvalue weighted by Crippen LogP contribution is 2.15. The van der Waals surface area contributed by atoms with Crippen LogP contribution < -0.4 is 10.1 Å². The van der Waals surface area contributed by atoms with E-state index in [1.54, 1.807) is 0 Å². The van der Waals surface area contributed by atoms with Gasteiger partial charge >= 0.3 is 0 Å². The van der Waals surface area contributed by atoms with Crippen LogP contribution in [-0.2, 0) is 11.2 Å². The fourth-order valence-corrected chi connectivity index (χ4v) is 2.26. The molecule has 1 aromatic heterocycles. The molecule has 3 rings (SSSR count). The molecule has 3 aromatic rings. The van der Waals surface area contributed by atoms with E-state index in [0.717, 1.165) is 5.56 Å². The first-order chi connectivity index (χ1) is 12.7. The first-order valence-corrected chi connectivity index (χ1v) is 8.24. The maximum absolute atomic E-state index is 12.8. The van der Waals surface area contributed by atoms with Crippen LogP contribution in [0.3, 0.4) is 0 Å². The molecule has 1 heterocycles. The fourth-order valence-electron chi connectivity index (χ4n) is 2.26. The highest BCUT2D eigenvalue weighted by Gasteiger charge is 2.10. The van der Waals surface area contributed by atoms with Crippen LogP contribution in [0.25, 0.3) is 11.4 Å². The third-order valence-corrected chi connectivity index (χ3v) is 3.57. The summed E-state index contributed by atoms with van der Waals surface area (Å²) >= 11 is 0. The Labute approximate surface area is 150 Å². The summed E-state index contributed by atoms with van der Waals surface area (Å²) in [4.78, 5) is 16.1. The number of amides is 1. The molecule has 2 aromatic carbocycles. The van der Waals surface area contributed by atoms with E-state index in [-0.39, 0.29) is 18.1 Å². The molecule has 0 aliphatic rings. The Morgan fingerprint density at radius 1 is 1.12 bits per heavy atom. The Bertz CT molecular complexity index is 835.